The molecule has 1 fully saturated rings. The molecule has 0 bridgehead atoms. The molecule has 2 heterocycles. The minimum atomic E-state index is -1.05. The summed E-state index contributed by atoms with van der Waals surface area (Å²) in [5.74, 6) is -1.48. The van der Waals surface area contributed by atoms with Crippen molar-refractivity contribution in [2.75, 3.05) is 44.2 Å². The number of carboxylic acid groups (broad SMARTS) is 1. The number of nitrogens with zero attached hydrogens (tertiary/aromatic N) is 4. The highest BCUT2D eigenvalue weighted by molar-refractivity contribution is 5.86. The minimum absolute atomic E-state index is 0.0759. The summed E-state index contributed by atoms with van der Waals surface area (Å²) < 4.78 is 28.4. The van der Waals surface area contributed by atoms with Crippen LogP contribution in [0, 0.1) is 11.6 Å². The van der Waals surface area contributed by atoms with Crippen LogP contribution in [0.1, 0.15) is 12.0 Å². The lowest BCUT2D eigenvalue weighted by atomic mass is 10.1. The number of amides is 1. The van der Waals surface area contributed by atoms with Crippen LogP contribution in [0.25, 0.3) is 11.3 Å². The van der Waals surface area contributed by atoms with Gasteiger partial charge >= 0.3 is 6.09 Å². The van der Waals surface area contributed by atoms with E-state index >= 15 is 0 Å². The number of hydrogen-bond acceptors (Lipinski definition) is 5. The van der Waals surface area contributed by atoms with Crippen LogP contribution in [0.15, 0.2) is 59.4 Å². The van der Waals surface area contributed by atoms with Crippen molar-refractivity contribution in [1.29, 1.82) is 0 Å². The van der Waals surface area contributed by atoms with Gasteiger partial charge in [-0.3, -0.25) is 9.69 Å². The van der Waals surface area contributed by atoms with Crippen molar-refractivity contribution in [3.8, 4) is 11.3 Å². The van der Waals surface area contributed by atoms with E-state index in [4.69, 9.17) is 0 Å². The Kier molecular flexibility index (Phi) is 7.84. The Bertz CT molecular complexity index is 1220. The van der Waals surface area contributed by atoms with E-state index < -0.39 is 17.7 Å². The van der Waals surface area contributed by atoms with Gasteiger partial charge in [-0.2, -0.15) is 5.10 Å². The van der Waals surface area contributed by atoms with Crippen molar-refractivity contribution in [3.05, 3.63) is 82.1 Å². The predicted octanol–water partition coefficient (Wildman–Crippen LogP) is 3.02. The van der Waals surface area contributed by atoms with Gasteiger partial charge < -0.3 is 15.3 Å². The molecule has 10 heteroatoms. The maximum absolute atomic E-state index is 13.6. The molecule has 184 valence electrons. The van der Waals surface area contributed by atoms with Gasteiger partial charge in [0.25, 0.3) is 5.56 Å². The van der Waals surface area contributed by atoms with Crippen LogP contribution in [0.5, 0.6) is 0 Å². The van der Waals surface area contributed by atoms with Gasteiger partial charge in [0.15, 0.2) is 0 Å². The monoisotopic (exact) mass is 483 g/mol. The minimum Gasteiger partial charge on any atom is -0.465 e. The van der Waals surface area contributed by atoms with Crippen LogP contribution in [-0.4, -0.2) is 65.1 Å². The predicted molar refractivity (Wildman–Crippen MR) is 129 cm³/mol. The molecular formula is C25H27F2N5O3. The molecule has 2 aromatic carbocycles. The highest BCUT2D eigenvalue weighted by Gasteiger charge is 2.16. The van der Waals surface area contributed by atoms with Crippen LogP contribution >= 0.6 is 0 Å². The van der Waals surface area contributed by atoms with E-state index in [0.717, 1.165) is 50.9 Å². The van der Waals surface area contributed by atoms with Gasteiger partial charge in [-0.15, -0.1) is 0 Å². The summed E-state index contributed by atoms with van der Waals surface area (Å²) in [6.07, 6.45) is -0.350. The smallest absolute Gasteiger partial charge is 0.411 e. The first-order valence-corrected chi connectivity index (χ1v) is 11.5. The second-order valence-electron chi connectivity index (χ2n) is 8.42. The Morgan fingerprint density at radius 2 is 1.80 bits per heavy atom. The molecule has 0 aliphatic carbocycles. The molecule has 3 aromatic rings. The molecule has 0 unspecified atom stereocenters. The topological polar surface area (TPSA) is 90.7 Å². The van der Waals surface area contributed by atoms with Crippen LogP contribution in [-0.2, 0) is 6.54 Å². The first-order chi connectivity index (χ1) is 16.9. The van der Waals surface area contributed by atoms with Crippen LogP contribution < -0.4 is 15.8 Å². The average Bonchev–Trinajstić information content (AvgIpc) is 2.83. The third kappa shape index (κ3) is 6.49. The van der Waals surface area contributed by atoms with Gasteiger partial charge in [-0.25, -0.2) is 18.3 Å². The zero-order valence-corrected chi connectivity index (χ0v) is 19.2. The first kappa shape index (κ1) is 24.5. The van der Waals surface area contributed by atoms with Crippen molar-refractivity contribution in [3.63, 3.8) is 0 Å². The van der Waals surface area contributed by atoms with E-state index in [9.17, 15) is 23.5 Å². The molecule has 1 aliphatic heterocycles. The Labute approximate surface area is 201 Å². The molecule has 35 heavy (non-hydrogen) atoms. The fraction of sp³-hybridized carbons (Fsp3) is 0.320. The number of halogens is 2. The Morgan fingerprint density at radius 1 is 1.06 bits per heavy atom. The van der Waals surface area contributed by atoms with Crippen LogP contribution in [0.3, 0.4) is 0 Å². The molecular weight excluding hydrogens is 456 g/mol. The summed E-state index contributed by atoms with van der Waals surface area (Å²) in [5, 5.41) is 17.3. The summed E-state index contributed by atoms with van der Waals surface area (Å²) in [5.41, 5.74) is 1.26. The van der Waals surface area contributed by atoms with Gasteiger partial charge in [0, 0.05) is 56.1 Å². The maximum atomic E-state index is 13.6. The molecule has 8 nitrogen and oxygen atoms in total. The lowest BCUT2D eigenvalue weighted by Crippen LogP contribution is -2.44. The second-order valence-corrected chi connectivity index (χ2v) is 8.42. The summed E-state index contributed by atoms with van der Waals surface area (Å²) >= 11 is 0. The zero-order chi connectivity index (χ0) is 24.8. The van der Waals surface area contributed by atoms with Crippen molar-refractivity contribution in [1.82, 2.24) is 20.0 Å². The normalized spacial score (nSPS) is 14.1. The van der Waals surface area contributed by atoms with Crippen molar-refractivity contribution >= 4 is 11.8 Å². The number of piperazine rings is 1. The summed E-state index contributed by atoms with van der Waals surface area (Å²) in [7, 11) is 0. The molecule has 0 saturated carbocycles. The highest BCUT2D eigenvalue weighted by atomic mass is 19.1. The van der Waals surface area contributed by atoms with Gasteiger partial charge in [0.1, 0.15) is 11.6 Å². The Hall–Kier alpha value is -3.63. The van der Waals surface area contributed by atoms with Crippen LogP contribution in [0.4, 0.5) is 19.3 Å². The molecule has 0 atom stereocenters. The fourth-order valence-corrected chi connectivity index (χ4v) is 4.14. The highest BCUT2D eigenvalue weighted by Crippen LogP contribution is 2.20. The third-order valence-corrected chi connectivity index (χ3v) is 5.88. The van der Waals surface area contributed by atoms with E-state index in [0.29, 0.717) is 24.2 Å². The van der Waals surface area contributed by atoms with Gasteiger partial charge in [-0.05, 0) is 48.9 Å². The lowest BCUT2D eigenvalue weighted by molar-refractivity contribution is 0.200. The largest absolute Gasteiger partial charge is 0.465 e. The molecule has 2 N–H and O–H groups in total. The Morgan fingerprint density at radius 3 is 2.51 bits per heavy atom. The molecule has 0 spiro atoms. The molecule has 1 saturated heterocycles. The van der Waals surface area contributed by atoms with Crippen molar-refractivity contribution in [2.45, 2.75) is 13.0 Å². The van der Waals surface area contributed by atoms with Gasteiger partial charge in [0.05, 0.1) is 12.2 Å². The Balaban J connectivity index is 1.50. The maximum Gasteiger partial charge on any atom is 0.411 e. The van der Waals surface area contributed by atoms with Gasteiger partial charge in [0.2, 0.25) is 0 Å². The van der Waals surface area contributed by atoms with E-state index in [2.05, 4.69) is 15.3 Å². The molecule has 0 radical (unpaired) electrons. The number of carbonyl (C=O) groups is 1. The average molecular weight is 484 g/mol. The van der Waals surface area contributed by atoms with E-state index in [1.165, 1.54) is 21.7 Å². The molecule has 1 amide bonds. The summed E-state index contributed by atoms with van der Waals surface area (Å²) in [6, 6.07) is 12.7. The van der Waals surface area contributed by atoms with E-state index in [1.54, 1.807) is 24.3 Å². The standard InChI is InChI=1S/C25H27F2N5O3/c26-20-14-19(15-21(27)16-20)23-5-6-24(33)32(29-23)17-18-3-1-4-22(13-18)31(25(34)35)10-2-9-30-11-7-28-8-12-30/h1,3-6,13-16,28H,2,7-12,17H2,(H,34,35). The molecule has 4 rings (SSSR count). The lowest BCUT2D eigenvalue weighted by Gasteiger charge is -2.28. The number of rotatable bonds is 8. The second kappa shape index (κ2) is 11.2. The molecule has 1 aliphatic rings. The SMILES string of the molecule is O=C(O)N(CCCN1CCNCC1)c1cccc(Cn2nc(-c3cc(F)cc(F)c3)ccc2=O)c1. The number of aromatic nitrogens is 2. The number of anilines is 1. The van der Waals surface area contributed by atoms with Crippen LogP contribution in [0.2, 0.25) is 0 Å². The first-order valence-electron chi connectivity index (χ1n) is 11.5. The number of nitrogens with one attached hydrogen (secondary N) is 1. The molecule has 1 aromatic heterocycles. The summed E-state index contributed by atoms with van der Waals surface area (Å²) in [6.45, 7) is 5.02. The van der Waals surface area contributed by atoms with Gasteiger partial charge in [-0.1, -0.05) is 12.1 Å². The number of benzene rings is 2. The zero-order valence-electron chi connectivity index (χ0n) is 19.2. The quantitative estimate of drug-likeness (QED) is 0.512. The number of hydrogen-bond donors (Lipinski definition) is 2. The van der Waals surface area contributed by atoms with Crippen molar-refractivity contribution < 1.29 is 18.7 Å². The third-order valence-electron chi connectivity index (χ3n) is 5.88. The van der Waals surface area contributed by atoms with Crippen molar-refractivity contribution in [2.24, 2.45) is 0 Å². The summed E-state index contributed by atoms with van der Waals surface area (Å²) in [4.78, 5) is 27.9. The fourth-order valence-electron chi connectivity index (χ4n) is 4.14. The van der Waals surface area contributed by atoms with E-state index in [1.807, 2.05) is 0 Å². The van der Waals surface area contributed by atoms with E-state index in [-0.39, 0.29) is 23.4 Å².